The Morgan fingerprint density at radius 1 is 1.29 bits per heavy atom. The molecule has 17 heavy (non-hydrogen) atoms. The highest BCUT2D eigenvalue weighted by Crippen LogP contribution is 2.19. The van der Waals surface area contributed by atoms with Crippen LogP contribution in [0.2, 0.25) is 0 Å². The van der Waals surface area contributed by atoms with E-state index in [-0.39, 0.29) is 0 Å². The van der Waals surface area contributed by atoms with Crippen molar-refractivity contribution in [1.29, 1.82) is 0 Å². The van der Waals surface area contributed by atoms with Crippen molar-refractivity contribution in [2.24, 2.45) is 5.73 Å². The van der Waals surface area contributed by atoms with Crippen LogP contribution in [0.5, 0.6) is 0 Å². The molecule has 0 fully saturated rings. The predicted molar refractivity (Wildman–Crippen MR) is 69.9 cm³/mol. The standard InChI is InChI=1S/C14H18N2O/c1-11-4-3-5-13(8-11)16(2)10-12-6-7-17-14(12)9-15/h3-8H,9-10,15H2,1-2H3. The van der Waals surface area contributed by atoms with E-state index in [0.29, 0.717) is 6.54 Å². The Balaban J connectivity index is 2.14. The van der Waals surface area contributed by atoms with Gasteiger partial charge in [-0.2, -0.15) is 0 Å². The van der Waals surface area contributed by atoms with E-state index in [4.69, 9.17) is 10.2 Å². The van der Waals surface area contributed by atoms with Crippen LogP contribution in [-0.2, 0) is 13.1 Å². The zero-order chi connectivity index (χ0) is 12.3. The molecular formula is C14H18N2O. The Kier molecular flexibility index (Phi) is 3.49. The lowest BCUT2D eigenvalue weighted by Crippen LogP contribution is -2.17. The number of benzene rings is 1. The van der Waals surface area contributed by atoms with E-state index in [1.54, 1.807) is 6.26 Å². The molecule has 0 atom stereocenters. The molecular weight excluding hydrogens is 212 g/mol. The molecule has 0 radical (unpaired) electrons. The fourth-order valence-corrected chi connectivity index (χ4v) is 1.90. The molecule has 2 rings (SSSR count). The van der Waals surface area contributed by atoms with Crippen LogP contribution in [-0.4, -0.2) is 7.05 Å². The van der Waals surface area contributed by atoms with Gasteiger partial charge in [0.05, 0.1) is 12.8 Å². The van der Waals surface area contributed by atoms with Gasteiger partial charge in [0.25, 0.3) is 0 Å². The fourth-order valence-electron chi connectivity index (χ4n) is 1.90. The van der Waals surface area contributed by atoms with Gasteiger partial charge in [-0.05, 0) is 30.7 Å². The molecule has 0 spiro atoms. The van der Waals surface area contributed by atoms with E-state index < -0.39 is 0 Å². The average Bonchev–Trinajstić information content (AvgIpc) is 2.76. The number of hydrogen-bond donors (Lipinski definition) is 1. The number of furan rings is 1. The molecule has 0 aliphatic carbocycles. The molecule has 3 nitrogen and oxygen atoms in total. The Morgan fingerprint density at radius 2 is 2.12 bits per heavy atom. The summed E-state index contributed by atoms with van der Waals surface area (Å²) in [5.74, 6) is 0.865. The van der Waals surface area contributed by atoms with E-state index in [2.05, 4.69) is 43.1 Å². The topological polar surface area (TPSA) is 42.4 Å². The van der Waals surface area contributed by atoms with Crippen LogP contribution in [0, 0.1) is 6.92 Å². The van der Waals surface area contributed by atoms with Crippen molar-refractivity contribution < 1.29 is 4.42 Å². The molecule has 0 saturated carbocycles. The zero-order valence-electron chi connectivity index (χ0n) is 10.3. The van der Waals surface area contributed by atoms with E-state index in [1.807, 2.05) is 6.07 Å². The summed E-state index contributed by atoms with van der Waals surface area (Å²) < 4.78 is 5.32. The van der Waals surface area contributed by atoms with Crippen LogP contribution in [0.25, 0.3) is 0 Å². The smallest absolute Gasteiger partial charge is 0.122 e. The van der Waals surface area contributed by atoms with Crippen LogP contribution < -0.4 is 10.6 Å². The van der Waals surface area contributed by atoms with Crippen molar-refractivity contribution in [2.45, 2.75) is 20.0 Å². The van der Waals surface area contributed by atoms with Crippen molar-refractivity contribution in [3.8, 4) is 0 Å². The van der Waals surface area contributed by atoms with Crippen molar-refractivity contribution in [1.82, 2.24) is 0 Å². The molecule has 2 N–H and O–H groups in total. The SMILES string of the molecule is Cc1cccc(N(C)Cc2ccoc2CN)c1. The Morgan fingerprint density at radius 3 is 2.82 bits per heavy atom. The van der Waals surface area contributed by atoms with Gasteiger partial charge in [-0.3, -0.25) is 0 Å². The molecule has 90 valence electrons. The highest BCUT2D eigenvalue weighted by molar-refractivity contribution is 5.48. The van der Waals surface area contributed by atoms with E-state index >= 15 is 0 Å². The highest BCUT2D eigenvalue weighted by Gasteiger charge is 2.08. The minimum atomic E-state index is 0.448. The lowest BCUT2D eigenvalue weighted by atomic mass is 10.2. The molecule has 0 aliphatic rings. The molecule has 1 heterocycles. The van der Waals surface area contributed by atoms with Gasteiger partial charge in [-0.1, -0.05) is 12.1 Å². The molecule has 0 amide bonds. The summed E-state index contributed by atoms with van der Waals surface area (Å²) >= 11 is 0. The second-order valence-corrected chi connectivity index (χ2v) is 4.27. The van der Waals surface area contributed by atoms with Gasteiger partial charge in [0, 0.05) is 24.8 Å². The van der Waals surface area contributed by atoms with Crippen LogP contribution in [0.3, 0.4) is 0 Å². The predicted octanol–water partition coefficient (Wildman–Crippen LogP) is 2.68. The maximum absolute atomic E-state index is 5.62. The third-order valence-electron chi connectivity index (χ3n) is 2.87. The summed E-state index contributed by atoms with van der Waals surface area (Å²) in [6, 6.07) is 10.4. The molecule has 3 heteroatoms. The number of hydrogen-bond acceptors (Lipinski definition) is 3. The van der Waals surface area contributed by atoms with E-state index in [9.17, 15) is 0 Å². The van der Waals surface area contributed by atoms with Crippen LogP contribution in [0.1, 0.15) is 16.9 Å². The zero-order valence-corrected chi connectivity index (χ0v) is 10.3. The van der Waals surface area contributed by atoms with Crippen LogP contribution >= 0.6 is 0 Å². The van der Waals surface area contributed by atoms with Crippen molar-refractivity contribution >= 4 is 5.69 Å². The third-order valence-corrected chi connectivity index (χ3v) is 2.87. The highest BCUT2D eigenvalue weighted by atomic mass is 16.3. The second-order valence-electron chi connectivity index (χ2n) is 4.27. The minimum Gasteiger partial charge on any atom is -0.468 e. The Bertz CT molecular complexity index is 490. The van der Waals surface area contributed by atoms with Gasteiger partial charge in [-0.15, -0.1) is 0 Å². The fraction of sp³-hybridized carbons (Fsp3) is 0.286. The van der Waals surface area contributed by atoms with Gasteiger partial charge in [-0.25, -0.2) is 0 Å². The van der Waals surface area contributed by atoms with Crippen molar-refractivity contribution in [3.63, 3.8) is 0 Å². The van der Waals surface area contributed by atoms with E-state index in [1.165, 1.54) is 11.3 Å². The van der Waals surface area contributed by atoms with Gasteiger partial charge >= 0.3 is 0 Å². The molecule has 0 aliphatic heterocycles. The molecule has 2 aromatic rings. The van der Waals surface area contributed by atoms with Gasteiger partial charge < -0.3 is 15.1 Å². The molecule has 0 unspecified atom stereocenters. The molecule has 0 saturated heterocycles. The number of nitrogens with zero attached hydrogens (tertiary/aromatic N) is 1. The molecule has 1 aromatic heterocycles. The first-order valence-corrected chi connectivity index (χ1v) is 5.74. The largest absolute Gasteiger partial charge is 0.468 e. The quantitative estimate of drug-likeness (QED) is 0.878. The average molecular weight is 230 g/mol. The second kappa shape index (κ2) is 5.06. The van der Waals surface area contributed by atoms with Gasteiger partial charge in [0.1, 0.15) is 5.76 Å². The van der Waals surface area contributed by atoms with Crippen LogP contribution in [0.15, 0.2) is 41.0 Å². The van der Waals surface area contributed by atoms with Crippen molar-refractivity contribution in [2.75, 3.05) is 11.9 Å². The van der Waals surface area contributed by atoms with Gasteiger partial charge in [0.2, 0.25) is 0 Å². The minimum absolute atomic E-state index is 0.448. The lowest BCUT2D eigenvalue weighted by Gasteiger charge is -2.19. The van der Waals surface area contributed by atoms with Crippen LogP contribution in [0.4, 0.5) is 5.69 Å². The summed E-state index contributed by atoms with van der Waals surface area (Å²) in [6.07, 6.45) is 1.70. The van der Waals surface area contributed by atoms with Crippen molar-refractivity contribution in [3.05, 3.63) is 53.5 Å². The van der Waals surface area contributed by atoms with E-state index in [0.717, 1.165) is 17.9 Å². The summed E-state index contributed by atoms with van der Waals surface area (Å²) in [6.45, 7) is 3.36. The summed E-state index contributed by atoms with van der Waals surface area (Å²) in [4.78, 5) is 2.19. The number of nitrogens with two attached hydrogens (primary N) is 1. The molecule has 0 bridgehead atoms. The maximum Gasteiger partial charge on any atom is 0.122 e. The third kappa shape index (κ3) is 2.68. The summed E-state index contributed by atoms with van der Waals surface area (Å²) in [5.41, 5.74) is 9.24. The summed E-state index contributed by atoms with van der Waals surface area (Å²) in [5, 5.41) is 0. The lowest BCUT2D eigenvalue weighted by molar-refractivity contribution is 0.507. The number of anilines is 1. The first kappa shape index (κ1) is 11.7. The summed E-state index contributed by atoms with van der Waals surface area (Å²) in [7, 11) is 2.07. The maximum atomic E-state index is 5.62. The first-order chi connectivity index (χ1) is 8.20. The number of rotatable bonds is 4. The monoisotopic (exact) mass is 230 g/mol. The Hall–Kier alpha value is -1.74. The Labute approximate surface area is 102 Å². The first-order valence-electron chi connectivity index (χ1n) is 5.74. The normalized spacial score (nSPS) is 10.5. The number of aryl methyl sites for hydroxylation is 1. The van der Waals surface area contributed by atoms with Gasteiger partial charge in [0.15, 0.2) is 0 Å². The molecule has 1 aromatic carbocycles.